The zero-order valence-corrected chi connectivity index (χ0v) is 13.0. The number of urea groups is 1. The lowest BCUT2D eigenvalue weighted by Gasteiger charge is -2.36. The average molecular weight is 291 g/mol. The molecule has 1 aromatic carbocycles. The monoisotopic (exact) mass is 291 g/mol. The van der Waals surface area contributed by atoms with Crippen LogP contribution >= 0.6 is 0 Å². The summed E-state index contributed by atoms with van der Waals surface area (Å²) in [7, 11) is 1.67. The number of carbonyl (C=O) groups is 1. The maximum atomic E-state index is 12.0. The Hall–Kier alpha value is -1.75. The first-order valence-corrected chi connectivity index (χ1v) is 7.54. The molecule has 0 bridgehead atoms. The van der Waals surface area contributed by atoms with Gasteiger partial charge in [-0.05, 0) is 25.5 Å². The minimum atomic E-state index is 0.0367. The quantitative estimate of drug-likeness (QED) is 0.842. The fourth-order valence-electron chi connectivity index (χ4n) is 2.45. The Morgan fingerprint density at radius 3 is 2.48 bits per heavy atom. The van der Waals surface area contributed by atoms with Crippen molar-refractivity contribution in [1.29, 1.82) is 0 Å². The fourth-order valence-corrected chi connectivity index (χ4v) is 2.45. The van der Waals surface area contributed by atoms with Crippen LogP contribution in [0.4, 0.5) is 10.5 Å². The molecule has 5 heteroatoms. The van der Waals surface area contributed by atoms with Crippen LogP contribution in [0.5, 0.6) is 0 Å². The zero-order valence-electron chi connectivity index (χ0n) is 13.0. The molecule has 1 N–H and O–H groups in total. The highest BCUT2D eigenvalue weighted by Crippen LogP contribution is 2.17. The van der Waals surface area contributed by atoms with Gasteiger partial charge < -0.3 is 19.9 Å². The second-order valence-corrected chi connectivity index (χ2v) is 5.39. The van der Waals surface area contributed by atoms with E-state index in [0.29, 0.717) is 13.2 Å². The van der Waals surface area contributed by atoms with Crippen molar-refractivity contribution in [3.63, 3.8) is 0 Å². The Morgan fingerprint density at radius 1 is 1.19 bits per heavy atom. The number of nitrogens with zero attached hydrogens (tertiary/aromatic N) is 2. The molecule has 2 rings (SSSR count). The van der Waals surface area contributed by atoms with Crippen LogP contribution in [0.2, 0.25) is 0 Å². The van der Waals surface area contributed by atoms with Crippen LogP contribution in [-0.4, -0.2) is 57.4 Å². The van der Waals surface area contributed by atoms with E-state index in [-0.39, 0.29) is 6.03 Å². The first-order valence-electron chi connectivity index (χ1n) is 7.54. The smallest absolute Gasteiger partial charge is 0.317 e. The first-order chi connectivity index (χ1) is 10.2. The largest absolute Gasteiger partial charge is 0.385 e. The van der Waals surface area contributed by atoms with Crippen LogP contribution in [0, 0.1) is 6.92 Å². The highest BCUT2D eigenvalue weighted by Gasteiger charge is 2.20. The molecule has 0 radical (unpaired) electrons. The van der Waals surface area contributed by atoms with E-state index in [1.807, 2.05) is 4.90 Å². The van der Waals surface area contributed by atoms with Crippen molar-refractivity contribution in [3.05, 3.63) is 29.8 Å². The van der Waals surface area contributed by atoms with Gasteiger partial charge in [0.15, 0.2) is 0 Å². The predicted molar refractivity (Wildman–Crippen MR) is 84.9 cm³/mol. The number of hydrogen-bond acceptors (Lipinski definition) is 3. The van der Waals surface area contributed by atoms with Gasteiger partial charge in [0.05, 0.1) is 0 Å². The maximum Gasteiger partial charge on any atom is 0.317 e. The van der Waals surface area contributed by atoms with Gasteiger partial charge >= 0.3 is 6.03 Å². The third-order valence-electron chi connectivity index (χ3n) is 3.77. The highest BCUT2D eigenvalue weighted by atomic mass is 16.5. The van der Waals surface area contributed by atoms with Crippen molar-refractivity contribution < 1.29 is 9.53 Å². The summed E-state index contributed by atoms with van der Waals surface area (Å²) < 4.78 is 4.97. The van der Waals surface area contributed by atoms with E-state index in [1.54, 1.807) is 7.11 Å². The normalized spacial score (nSPS) is 15.1. The van der Waals surface area contributed by atoms with Gasteiger partial charge in [0.1, 0.15) is 0 Å². The predicted octanol–water partition coefficient (Wildman–Crippen LogP) is 1.86. The van der Waals surface area contributed by atoms with E-state index >= 15 is 0 Å². The van der Waals surface area contributed by atoms with E-state index in [1.165, 1.54) is 11.3 Å². The fraction of sp³-hybridized carbons (Fsp3) is 0.562. The molecule has 1 saturated heterocycles. The summed E-state index contributed by atoms with van der Waals surface area (Å²) in [5, 5.41) is 2.94. The third kappa shape index (κ3) is 4.63. The summed E-state index contributed by atoms with van der Waals surface area (Å²) >= 11 is 0. The number of rotatable bonds is 5. The van der Waals surface area contributed by atoms with E-state index in [0.717, 1.165) is 32.6 Å². The lowest BCUT2D eigenvalue weighted by molar-refractivity contribution is 0.183. The summed E-state index contributed by atoms with van der Waals surface area (Å²) in [6.07, 6.45) is 0.853. The molecule has 0 saturated carbocycles. The topological polar surface area (TPSA) is 44.8 Å². The molecular formula is C16H25N3O2. The first kappa shape index (κ1) is 15.6. The van der Waals surface area contributed by atoms with Crippen LogP contribution in [0.3, 0.4) is 0 Å². The number of ether oxygens (including phenoxy) is 1. The molecule has 1 aliphatic rings. The van der Waals surface area contributed by atoms with Crippen molar-refractivity contribution in [2.24, 2.45) is 0 Å². The molecule has 1 aromatic rings. The molecule has 21 heavy (non-hydrogen) atoms. The minimum absolute atomic E-state index is 0.0367. The van der Waals surface area contributed by atoms with Gasteiger partial charge in [-0.25, -0.2) is 4.79 Å². The van der Waals surface area contributed by atoms with Gasteiger partial charge in [-0.3, -0.25) is 0 Å². The summed E-state index contributed by atoms with van der Waals surface area (Å²) in [5.74, 6) is 0. The number of carbonyl (C=O) groups excluding carboxylic acids is 1. The van der Waals surface area contributed by atoms with Crippen molar-refractivity contribution in [1.82, 2.24) is 10.2 Å². The number of methoxy groups -OCH3 is 1. The molecule has 0 unspecified atom stereocenters. The van der Waals surface area contributed by atoms with Gasteiger partial charge in [0.25, 0.3) is 0 Å². The molecule has 0 atom stereocenters. The molecule has 1 aliphatic heterocycles. The van der Waals surface area contributed by atoms with E-state index in [2.05, 4.69) is 41.4 Å². The van der Waals surface area contributed by atoms with Gasteiger partial charge in [-0.15, -0.1) is 0 Å². The molecule has 0 aliphatic carbocycles. The van der Waals surface area contributed by atoms with Crippen molar-refractivity contribution in [2.45, 2.75) is 13.3 Å². The van der Waals surface area contributed by atoms with Crippen molar-refractivity contribution in [3.8, 4) is 0 Å². The van der Waals surface area contributed by atoms with Gasteiger partial charge in [-0.1, -0.05) is 17.7 Å². The summed E-state index contributed by atoms with van der Waals surface area (Å²) in [4.78, 5) is 16.2. The summed E-state index contributed by atoms with van der Waals surface area (Å²) in [6.45, 7) is 6.75. The number of benzene rings is 1. The lowest BCUT2D eigenvalue weighted by atomic mass is 10.2. The van der Waals surface area contributed by atoms with E-state index in [9.17, 15) is 4.79 Å². The van der Waals surface area contributed by atoms with E-state index < -0.39 is 0 Å². The number of piperazine rings is 1. The number of amides is 2. The zero-order chi connectivity index (χ0) is 15.1. The van der Waals surface area contributed by atoms with Crippen LogP contribution < -0.4 is 10.2 Å². The molecule has 116 valence electrons. The van der Waals surface area contributed by atoms with Crippen LogP contribution in [0.15, 0.2) is 24.3 Å². The number of nitrogens with one attached hydrogen (secondary N) is 1. The molecule has 1 fully saturated rings. The molecular weight excluding hydrogens is 266 g/mol. The van der Waals surface area contributed by atoms with Crippen molar-refractivity contribution >= 4 is 11.7 Å². The van der Waals surface area contributed by atoms with Gasteiger partial charge in [0.2, 0.25) is 0 Å². The number of hydrogen-bond donors (Lipinski definition) is 1. The van der Waals surface area contributed by atoms with E-state index in [4.69, 9.17) is 4.74 Å². The minimum Gasteiger partial charge on any atom is -0.385 e. The molecule has 1 heterocycles. The Bertz CT molecular complexity index is 439. The Balaban J connectivity index is 1.75. The average Bonchev–Trinajstić information content (AvgIpc) is 2.52. The van der Waals surface area contributed by atoms with Gasteiger partial charge in [0, 0.05) is 52.1 Å². The number of aryl methyl sites for hydroxylation is 1. The van der Waals surface area contributed by atoms with Crippen LogP contribution in [0.25, 0.3) is 0 Å². The lowest BCUT2D eigenvalue weighted by Crippen LogP contribution is -2.52. The number of anilines is 1. The molecule has 0 spiro atoms. The molecule has 2 amide bonds. The van der Waals surface area contributed by atoms with Crippen molar-refractivity contribution in [2.75, 3.05) is 51.3 Å². The SMILES string of the molecule is COCCCNC(=O)N1CCN(c2ccc(C)cc2)CC1. The van der Waals surface area contributed by atoms with Gasteiger partial charge in [-0.2, -0.15) is 0 Å². The second-order valence-electron chi connectivity index (χ2n) is 5.39. The second kappa shape index (κ2) is 7.88. The molecule has 0 aromatic heterocycles. The van der Waals surface area contributed by atoms with Crippen LogP contribution in [-0.2, 0) is 4.74 Å². The highest BCUT2D eigenvalue weighted by molar-refractivity contribution is 5.74. The van der Waals surface area contributed by atoms with Crippen LogP contribution in [0.1, 0.15) is 12.0 Å². The Labute approximate surface area is 126 Å². The third-order valence-corrected chi connectivity index (χ3v) is 3.77. The summed E-state index contributed by atoms with van der Waals surface area (Å²) in [6, 6.07) is 8.59. The Kier molecular flexibility index (Phi) is 5.87. The standard InChI is InChI=1S/C16H25N3O2/c1-14-4-6-15(7-5-14)18-9-11-19(12-10-18)16(20)17-8-3-13-21-2/h4-7H,3,8-13H2,1-2H3,(H,17,20). The maximum absolute atomic E-state index is 12.0. The summed E-state index contributed by atoms with van der Waals surface area (Å²) in [5.41, 5.74) is 2.51. The Morgan fingerprint density at radius 2 is 1.86 bits per heavy atom. The molecule has 5 nitrogen and oxygen atoms in total.